The third kappa shape index (κ3) is 12.5. The fraction of sp³-hybridized carbons (Fsp3) is 0.129. The van der Waals surface area contributed by atoms with Crippen molar-refractivity contribution in [2.75, 3.05) is 42.7 Å². The molecule has 10 rings (SSSR count). The summed E-state index contributed by atoms with van der Waals surface area (Å²) in [5, 5.41) is 33.9. The second-order valence-electron chi connectivity index (χ2n) is 17.0. The van der Waals surface area contributed by atoms with E-state index in [1.165, 1.54) is 21.2 Å². The number of carboxylic acids is 2. The third-order valence-corrected chi connectivity index (χ3v) is 17.2. The van der Waals surface area contributed by atoms with Crippen molar-refractivity contribution < 1.29 is 67.7 Å². The quantitative estimate of drug-likeness (QED) is 0.0813. The van der Waals surface area contributed by atoms with Crippen LogP contribution in [0.1, 0.15) is 13.8 Å². The van der Waals surface area contributed by atoms with Crippen LogP contribution in [0.3, 0.4) is 0 Å². The number of hydrogen-bond donors (Lipinski definition) is 0. The summed E-state index contributed by atoms with van der Waals surface area (Å²) in [7, 11) is 7.95. The van der Waals surface area contributed by atoms with Crippen molar-refractivity contribution in [2.45, 2.75) is 13.8 Å². The van der Waals surface area contributed by atoms with E-state index in [9.17, 15) is 0 Å². The van der Waals surface area contributed by atoms with Gasteiger partial charge in [0.2, 0.25) is 0 Å². The van der Waals surface area contributed by atoms with Gasteiger partial charge in [0.1, 0.15) is 34.5 Å². The maximum atomic E-state index is 8.89. The molecular weight excluding hydrogens is 1070 g/mol. The van der Waals surface area contributed by atoms with E-state index >= 15 is 0 Å². The summed E-state index contributed by atoms with van der Waals surface area (Å²) < 4.78 is 35.4. The van der Waals surface area contributed by atoms with E-state index in [0.29, 0.717) is 0 Å². The zero-order valence-corrected chi connectivity index (χ0v) is 46.2. The number of aliphatic carboxylic acids is 2. The summed E-state index contributed by atoms with van der Waals surface area (Å²) in [5.41, 5.74) is 2.01. The van der Waals surface area contributed by atoms with Crippen LogP contribution in [0.5, 0.6) is 34.5 Å². The van der Waals surface area contributed by atoms with Crippen LogP contribution in [-0.2, 0) is 29.1 Å². The molecule has 0 amide bonds. The molecule has 380 valence electrons. The van der Waals surface area contributed by atoms with Crippen molar-refractivity contribution in [3.8, 4) is 45.6 Å². The van der Waals surface area contributed by atoms with Crippen molar-refractivity contribution >= 4 is 103 Å². The van der Waals surface area contributed by atoms with Crippen LogP contribution < -0.4 is 70.5 Å². The molecule has 0 fully saturated rings. The molecule has 0 aliphatic carbocycles. The first-order chi connectivity index (χ1) is 35.9. The van der Waals surface area contributed by atoms with Gasteiger partial charge in [-0.1, -0.05) is 97.1 Å². The Labute approximate surface area is 452 Å². The number of carbonyl (C=O) groups excluding carboxylic acids is 2. The first kappa shape index (κ1) is 55.2. The minimum atomic E-state index is -1.21. The van der Waals surface area contributed by atoms with Crippen molar-refractivity contribution in [3.05, 3.63) is 182 Å². The number of benzene rings is 10. The predicted octanol–water partition coefficient (Wildman–Crippen LogP) is 9.04. The summed E-state index contributed by atoms with van der Waals surface area (Å²) in [5.74, 6) is 2.69. The summed E-state index contributed by atoms with van der Waals surface area (Å²) in [6.45, 7) is 1.94. The molecular formula is C62H54O10P2Ru. The Hall–Kier alpha value is -7.54. The Morgan fingerprint density at radius 2 is 0.560 bits per heavy atom. The van der Waals surface area contributed by atoms with Gasteiger partial charge in [-0.05, 0) is 190 Å². The molecule has 10 nitrogen and oxygen atoms in total. The number of fused-ring (bicyclic) bond motifs is 4. The maximum absolute atomic E-state index is 8.89. The molecule has 0 unspecified atom stereocenters. The Morgan fingerprint density at radius 1 is 0.333 bits per heavy atom. The van der Waals surface area contributed by atoms with Gasteiger partial charge in [-0.2, -0.15) is 0 Å². The summed E-state index contributed by atoms with van der Waals surface area (Å²) in [6, 6.07) is 65.4. The van der Waals surface area contributed by atoms with Crippen LogP contribution in [0.4, 0.5) is 0 Å². The fourth-order valence-electron chi connectivity index (χ4n) is 9.02. The van der Waals surface area contributed by atoms with Crippen LogP contribution in [0, 0.1) is 0 Å². The molecule has 0 heterocycles. The van der Waals surface area contributed by atoms with E-state index in [2.05, 4.69) is 158 Å². The van der Waals surface area contributed by atoms with Gasteiger partial charge < -0.3 is 48.2 Å². The largest absolute Gasteiger partial charge is 2.00 e. The maximum Gasteiger partial charge on any atom is 2.00 e. The smallest absolute Gasteiger partial charge is 0.550 e. The van der Waals surface area contributed by atoms with E-state index in [0.717, 1.165) is 113 Å². The van der Waals surface area contributed by atoms with Crippen molar-refractivity contribution in [2.24, 2.45) is 0 Å². The molecule has 75 heavy (non-hydrogen) atoms. The van der Waals surface area contributed by atoms with E-state index in [1.807, 2.05) is 24.3 Å². The summed E-state index contributed by atoms with van der Waals surface area (Å²) >= 11 is 0. The molecule has 0 spiro atoms. The predicted molar refractivity (Wildman–Crippen MR) is 300 cm³/mol. The van der Waals surface area contributed by atoms with Gasteiger partial charge in [-0.3, -0.25) is 0 Å². The molecule has 10 aromatic carbocycles. The number of carboxylic acid groups (broad SMARTS) is 2. The Balaban J connectivity index is 0.000000852. The van der Waals surface area contributed by atoms with Gasteiger partial charge in [-0.25, -0.2) is 0 Å². The average Bonchev–Trinajstić information content (AvgIpc) is 3.42. The summed E-state index contributed by atoms with van der Waals surface area (Å²) in [6.07, 6.45) is 0. The molecule has 0 radical (unpaired) electrons. The Morgan fingerprint density at radius 3 is 0.787 bits per heavy atom. The van der Waals surface area contributed by atoms with E-state index < -0.39 is 27.8 Å². The molecule has 0 saturated heterocycles. The topological polar surface area (TPSA) is 136 Å². The number of hydrogen-bond acceptors (Lipinski definition) is 10. The standard InChI is InChI=1S/C58H48O6P2.2C2H4O2.Ru/c1-59-45-21-13-41-33-49(25-17-37(41)29-45)65(50-26-18-38-30-46(60-2)22-14-42(38)34-50)55-11-7-9-53(63-5)57(55)58-54(64-6)10-8-12-56(58)66(51-27-19-39-31-47(61-3)23-15-43(39)35-51)52-28-20-40-32-48(62-4)24-16-44(40)36-52;2*1-2(3)4;/h7-36H,1-6H3;2*1H3,(H,3,4);/q;;;+2/p-2. The number of ether oxygens (including phenoxy) is 6. The molecule has 0 atom stereocenters. The average molecular weight is 1120 g/mol. The van der Waals surface area contributed by atoms with Crippen LogP contribution >= 0.6 is 15.8 Å². The van der Waals surface area contributed by atoms with Gasteiger partial charge in [0, 0.05) is 23.1 Å². The van der Waals surface area contributed by atoms with E-state index in [1.54, 1.807) is 42.7 Å². The van der Waals surface area contributed by atoms with Crippen LogP contribution in [0.15, 0.2) is 182 Å². The fourth-order valence-corrected chi connectivity index (χ4v) is 14.1. The van der Waals surface area contributed by atoms with Crippen molar-refractivity contribution in [1.82, 2.24) is 0 Å². The minimum absolute atomic E-state index is 0. The summed E-state index contributed by atoms with van der Waals surface area (Å²) in [4.78, 5) is 17.8. The number of carbonyl (C=O) groups is 2. The van der Waals surface area contributed by atoms with Gasteiger partial charge in [0.05, 0.1) is 42.7 Å². The normalized spacial score (nSPS) is 10.7. The zero-order valence-electron chi connectivity index (χ0n) is 42.7. The monoisotopic (exact) mass is 1120 g/mol. The Kier molecular flexibility index (Phi) is 18.5. The molecule has 0 N–H and O–H groups in total. The van der Waals surface area contributed by atoms with Gasteiger partial charge >= 0.3 is 19.5 Å². The first-order valence-electron chi connectivity index (χ1n) is 23.5. The van der Waals surface area contributed by atoms with Gasteiger partial charge in [-0.15, -0.1) is 0 Å². The molecule has 0 aliphatic heterocycles. The van der Waals surface area contributed by atoms with Crippen molar-refractivity contribution in [1.29, 1.82) is 0 Å². The van der Waals surface area contributed by atoms with Gasteiger partial charge in [0.25, 0.3) is 0 Å². The number of rotatable bonds is 13. The molecule has 10 aromatic rings. The van der Waals surface area contributed by atoms with Crippen LogP contribution in [0.2, 0.25) is 0 Å². The minimum Gasteiger partial charge on any atom is -0.550 e. The number of methoxy groups -OCH3 is 6. The van der Waals surface area contributed by atoms with E-state index in [-0.39, 0.29) is 19.5 Å². The molecule has 0 bridgehead atoms. The zero-order chi connectivity index (χ0) is 52.5. The molecule has 13 heteroatoms. The Bertz CT molecular complexity index is 3250. The van der Waals surface area contributed by atoms with Gasteiger partial charge in [0.15, 0.2) is 0 Å². The molecule has 0 saturated carbocycles. The SMILES string of the molecule is CC(=O)[O-].CC(=O)[O-].COc1ccc2cc(P(c3ccc4cc(OC)ccc4c3)c3cccc(OC)c3-c3c(OC)cccc3P(c3ccc4cc(OC)ccc4c3)c3ccc4cc(OC)ccc4c3)ccc2c1.[Ru+2]. The molecule has 0 aromatic heterocycles. The molecule has 0 aliphatic rings. The van der Waals surface area contributed by atoms with Crippen molar-refractivity contribution in [3.63, 3.8) is 0 Å². The first-order valence-corrected chi connectivity index (χ1v) is 26.2. The second-order valence-corrected chi connectivity index (χ2v) is 21.3. The van der Waals surface area contributed by atoms with Crippen LogP contribution in [-0.4, -0.2) is 54.6 Å². The third-order valence-electron chi connectivity index (χ3n) is 12.3. The second kappa shape index (κ2) is 25.1. The van der Waals surface area contributed by atoms with Crippen LogP contribution in [0.25, 0.3) is 54.2 Å². The van der Waals surface area contributed by atoms with E-state index in [4.69, 9.17) is 48.2 Å².